The zero-order valence-electron chi connectivity index (χ0n) is 15.3. The molecule has 1 fully saturated rings. The quantitative estimate of drug-likeness (QED) is 0.640. The second-order valence-corrected chi connectivity index (χ2v) is 10.1. The van der Waals surface area contributed by atoms with Gasteiger partial charge < -0.3 is 9.84 Å². The van der Waals surface area contributed by atoms with Crippen molar-refractivity contribution in [3.63, 3.8) is 0 Å². The first-order valence-corrected chi connectivity index (χ1v) is 11.7. The highest BCUT2D eigenvalue weighted by molar-refractivity contribution is 9.10. The number of benzene rings is 2. The molecule has 0 amide bonds. The summed E-state index contributed by atoms with van der Waals surface area (Å²) in [6.07, 6.45) is -0.351. The van der Waals surface area contributed by atoms with Crippen molar-refractivity contribution in [3.05, 3.63) is 64.4 Å². The van der Waals surface area contributed by atoms with Gasteiger partial charge in [-0.25, -0.2) is 12.8 Å². The van der Waals surface area contributed by atoms with Gasteiger partial charge in [-0.3, -0.25) is 4.90 Å². The van der Waals surface area contributed by atoms with Crippen molar-refractivity contribution in [1.82, 2.24) is 4.90 Å². The summed E-state index contributed by atoms with van der Waals surface area (Å²) in [4.78, 5) is 1.85. The zero-order chi connectivity index (χ0) is 20.1. The van der Waals surface area contributed by atoms with E-state index in [9.17, 15) is 17.9 Å². The topological polar surface area (TPSA) is 66.8 Å². The fourth-order valence-electron chi connectivity index (χ4n) is 3.30. The third kappa shape index (κ3) is 6.01. The predicted octanol–water partition coefficient (Wildman–Crippen LogP) is 3.02. The van der Waals surface area contributed by atoms with Crippen LogP contribution in [0.2, 0.25) is 0 Å². The number of halogens is 2. The van der Waals surface area contributed by atoms with Gasteiger partial charge in [-0.1, -0.05) is 34.1 Å². The Morgan fingerprint density at radius 2 is 1.93 bits per heavy atom. The molecule has 1 heterocycles. The lowest BCUT2D eigenvalue weighted by Crippen LogP contribution is -2.42. The fourth-order valence-corrected chi connectivity index (χ4v) is 5.32. The van der Waals surface area contributed by atoms with Gasteiger partial charge in [-0.2, -0.15) is 0 Å². The summed E-state index contributed by atoms with van der Waals surface area (Å²) in [6.45, 7) is 0.502. The van der Waals surface area contributed by atoms with E-state index < -0.39 is 15.9 Å². The van der Waals surface area contributed by atoms with Crippen LogP contribution in [0.3, 0.4) is 0 Å². The number of sulfone groups is 1. The second kappa shape index (κ2) is 9.35. The average molecular weight is 472 g/mol. The molecule has 0 aliphatic carbocycles. The normalized spacial score (nSPS) is 19.6. The summed E-state index contributed by atoms with van der Waals surface area (Å²) < 4.78 is 44.4. The standard InChI is InChI=1S/C20H23BrFNO4S/c21-16-5-7-19(8-6-16)27-13-18(24)12-23(17-9-10-28(25,26)14-17)11-15-3-1-2-4-20(15)22/h1-8,17-18,24H,9-14H2. The lowest BCUT2D eigenvalue weighted by atomic mass is 10.1. The molecule has 0 bridgehead atoms. The van der Waals surface area contributed by atoms with E-state index in [1.54, 1.807) is 30.3 Å². The van der Waals surface area contributed by atoms with Crippen molar-refractivity contribution in [3.8, 4) is 5.75 Å². The SMILES string of the molecule is O=S1(=O)CCC(N(Cc2ccccc2F)CC(O)COc2ccc(Br)cc2)C1. The van der Waals surface area contributed by atoms with Crippen LogP contribution in [0.4, 0.5) is 4.39 Å². The van der Waals surface area contributed by atoms with E-state index in [2.05, 4.69) is 15.9 Å². The van der Waals surface area contributed by atoms with Crippen LogP contribution in [-0.4, -0.2) is 55.2 Å². The highest BCUT2D eigenvalue weighted by Crippen LogP contribution is 2.22. The Balaban J connectivity index is 1.65. The molecule has 2 aromatic rings. The molecule has 2 atom stereocenters. The highest BCUT2D eigenvalue weighted by Gasteiger charge is 2.33. The summed E-state index contributed by atoms with van der Waals surface area (Å²) in [5.41, 5.74) is 0.479. The minimum atomic E-state index is -3.09. The summed E-state index contributed by atoms with van der Waals surface area (Å²) in [5, 5.41) is 10.5. The third-order valence-electron chi connectivity index (χ3n) is 4.76. The van der Waals surface area contributed by atoms with Crippen LogP contribution in [0, 0.1) is 5.82 Å². The summed E-state index contributed by atoms with van der Waals surface area (Å²) >= 11 is 3.35. The monoisotopic (exact) mass is 471 g/mol. The minimum absolute atomic E-state index is 0.0295. The lowest BCUT2D eigenvalue weighted by Gasteiger charge is -2.30. The molecular formula is C20H23BrFNO4S. The molecule has 1 aliphatic heterocycles. The molecule has 3 rings (SSSR count). The smallest absolute Gasteiger partial charge is 0.151 e. The van der Waals surface area contributed by atoms with Gasteiger partial charge in [0, 0.05) is 29.2 Å². The van der Waals surface area contributed by atoms with Gasteiger partial charge in [0.25, 0.3) is 0 Å². The molecule has 1 aliphatic rings. The number of ether oxygens (including phenoxy) is 1. The lowest BCUT2D eigenvalue weighted by molar-refractivity contribution is 0.0520. The average Bonchev–Trinajstić information content (AvgIpc) is 3.02. The van der Waals surface area contributed by atoms with E-state index in [-0.39, 0.29) is 43.1 Å². The van der Waals surface area contributed by atoms with Gasteiger partial charge in [0.15, 0.2) is 9.84 Å². The maximum absolute atomic E-state index is 14.1. The number of rotatable bonds is 8. The predicted molar refractivity (Wildman–Crippen MR) is 110 cm³/mol. The van der Waals surface area contributed by atoms with E-state index in [1.165, 1.54) is 6.07 Å². The molecule has 5 nitrogen and oxygen atoms in total. The number of nitrogens with zero attached hydrogens (tertiary/aromatic N) is 1. The van der Waals surface area contributed by atoms with Crippen molar-refractivity contribution in [2.45, 2.75) is 25.1 Å². The summed E-state index contributed by atoms with van der Waals surface area (Å²) in [7, 11) is -3.09. The van der Waals surface area contributed by atoms with Crippen molar-refractivity contribution in [2.75, 3.05) is 24.7 Å². The highest BCUT2D eigenvalue weighted by atomic mass is 79.9. The number of aliphatic hydroxyl groups excluding tert-OH is 1. The van der Waals surface area contributed by atoms with Crippen LogP contribution in [0.1, 0.15) is 12.0 Å². The molecule has 0 aromatic heterocycles. The van der Waals surface area contributed by atoms with E-state index in [0.717, 1.165) is 4.47 Å². The van der Waals surface area contributed by atoms with Gasteiger partial charge in [0.05, 0.1) is 11.5 Å². The van der Waals surface area contributed by atoms with Crippen LogP contribution < -0.4 is 4.74 Å². The molecule has 2 aromatic carbocycles. The van der Waals surface area contributed by atoms with Gasteiger partial charge in [0.2, 0.25) is 0 Å². The summed E-state index contributed by atoms with van der Waals surface area (Å²) in [6, 6.07) is 13.4. The van der Waals surface area contributed by atoms with Crippen molar-refractivity contribution >= 4 is 25.8 Å². The molecule has 2 unspecified atom stereocenters. The van der Waals surface area contributed by atoms with E-state index >= 15 is 0 Å². The van der Waals surface area contributed by atoms with Gasteiger partial charge in [0.1, 0.15) is 24.3 Å². The van der Waals surface area contributed by atoms with Crippen molar-refractivity contribution in [1.29, 1.82) is 0 Å². The Hall–Kier alpha value is -1.48. The van der Waals surface area contributed by atoms with E-state index in [0.29, 0.717) is 17.7 Å². The molecule has 152 valence electrons. The maximum atomic E-state index is 14.1. The van der Waals surface area contributed by atoms with Crippen LogP contribution >= 0.6 is 15.9 Å². The first-order valence-electron chi connectivity index (χ1n) is 9.07. The van der Waals surface area contributed by atoms with Crippen molar-refractivity contribution < 1.29 is 22.7 Å². The van der Waals surface area contributed by atoms with Crippen LogP contribution in [-0.2, 0) is 16.4 Å². The molecule has 1 saturated heterocycles. The first kappa shape index (κ1) is 21.2. The Morgan fingerprint density at radius 3 is 2.57 bits per heavy atom. The molecule has 8 heteroatoms. The Bertz CT molecular complexity index is 891. The van der Waals surface area contributed by atoms with Gasteiger partial charge in [-0.05, 0) is 36.8 Å². The molecule has 0 saturated carbocycles. The van der Waals surface area contributed by atoms with Crippen LogP contribution in [0.5, 0.6) is 5.75 Å². The van der Waals surface area contributed by atoms with Crippen LogP contribution in [0.25, 0.3) is 0 Å². The van der Waals surface area contributed by atoms with Gasteiger partial charge >= 0.3 is 0 Å². The number of hydrogen-bond acceptors (Lipinski definition) is 5. The van der Waals surface area contributed by atoms with E-state index in [4.69, 9.17) is 4.74 Å². The zero-order valence-corrected chi connectivity index (χ0v) is 17.7. The molecule has 1 N–H and O–H groups in total. The number of aliphatic hydroxyl groups is 1. The van der Waals surface area contributed by atoms with Crippen LogP contribution in [0.15, 0.2) is 53.0 Å². The third-order valence-corrected chi connectivity index (χ3v) is 7.04. The number of hydrogen-bond donors (Lipinski definition) is 1. The Morgan fingerprint density at radius 1 is 1.21 bits per heavy atom. The molecule has 28 heavy (non-hydrogen) atoms. The van der Waals surface area contributed by atoms with Crippen molar-refractivity contribution in [2.24, 2.45) is 0 Å². The second-order valence-electron chi connectivity index (χ2n) is 7.00. The molecular weight excluding hydrogens is 449 g/mol. The fraction of sp³-hybridized carbons (Fsp3) is 0.400. The molecule has 0 spiro atoms. The van der Waals surface area contributed by atoms with Gasteiger partial charge in [-0.15, -0.1) is 0 Å². The van der Waals surface area contributed by atoms with E-state index in [1.807, 2.05) is 17.0 Å². The minimum Gasteiger partial charge on any atom is -0.491 e. The molecule has 0 radical (unpaired) electrons. The largest absolute Gasteiger partial charge is 0.491 e. The Kier molecular flexibility index (Phi) is 7.09. The summed E-state index contributed by atoms with van der Waals surface area (Å²) in [5.74, 6) is 0.443. The first-order chi connectivity index (χ1) is 13.3. The maximum Gasteiger partial charge on any atom is 0.151 e. The Labute approximate surface area is 173 Å².